The van der Waals surface area contributed by atoms with Crippen molar-refractivity contribution in [3.05, 3.63) is 50.3 Å². The van der Waals surface area contributed by atoms with Gasteiger partial charge >= 0.3 is 0 Å². The van der Waals surface area contributed by atoms with Crippen molar-refractivity contribution in [1.82, 2.24) is 0 Å². The first-order chi connectivity index (χ1) is 8.54. The third-order valence-corrected chi connectivity index (χ3v) is 4.06. The van der Waals surface area contributed by atoms with Gasteiger partial charge in [0.05, 0.1) is 24.5 Å². The Bertz CT molecular complexity index is 602. The summed E-state index contributed by atoms with van der Waals surface area (Å²) in [5.41, 5.74) is 1.98. The molecular formula is C13H10Br2O3. The topological polar surface area (TPSA) is 39.4 Å². The number of furan rings is 1. The summed E-state index contributed by atoms with van der Waals surface area (Å²) < 4.78 is 11.6. The molecule has 0 N–H and O–H groups in total. The molecule has 3 nitrogen and oxygen atoms in total. The molecule has 0 aliphatic carbocycles. The number of benzene rings is 1. The molecule has 1 aromatic heterocycles. The van der Waals surface area contributed by atoms with Gasteiger partial charge in [-0.05, 0) is 46.6 Å². The summed E-state index contributed by atoms with van der Waals surface area (Å²) in [5, 5.41) is 0. The number of rotatable bonds is 3. The molecule has 94 valence electrons. The number of methoxy groups -OCH3 is 1. The maximum atomic E-state index is 12.4. The molecule has 0 aliphatic rings. The number of carbonyl (C=O) groups is 1. The van der Waals surface area contributed by atoms with Gasteiger partial charge in [0.1, 0.15) is 5.75 Å². The number of aryl methyl sites for hydroxylation is 1. The number of ketones is 1. The molecule has 0 radical (unpaired) electrons. The van der Waals surface area contributed by atoms with E-state index < -0.39 is 0 Å². The maximum Gasteiger partial charge on any atom is 0.201 e. The van der Waals surface area contributed by atoms with Crippen LogP contribution in [0.15, 0.2) is 38.0 Å². The molecule has 0 atom stereocenters. The SMILES string of the molecule is COc1cc(C)c(Br)cc1C(=O)c1ccoc1Br. The minimum Gasteiger partial charge on any atom is -0.496 e. The number of hydrogen-bond acceptors (Lipinski definition) is 3. The van der Waals surface area contributed by atoms with E-state index in [1.54, 1.807) is 19.2 Å². The first-order valence-corrected chi connectivity index (χ1v) is 6.75. The smallest absolute Gasteiger partial charge is 0.201 e. The molecule has 1 aromatic carbocycles. The van der Waals surface area contributed by atoms with Crippen molar-refractivity contribution in [2.24, 2.45) is 0 Å². The molecule has 0 saturated carbocycles. The van der Waals surface area contributed by atoms with Gasteiger partial charge in [0, 0.05) is 4.47 Å². The first-order valence-electron chi connectivity index (χ1n) is 5.16. The van der Waals surface area contributed by atoms with Crippen molar-refractivity contribution in [2.45, 2.75) is 6.92 Å². The molecule has 0 spiro atoms. The zero-order valence-electron chi connectivity index (χ0n) is 9.79. The zero-order chi connectivity index (χ0) is 13.3. The van der Waals surface area contributed by atoms with Crippen molar-refractivity contribution in [2.75, 3.05) is 7.11 Å². The van der Waals surface area contributed by atoms with Gasteiger partial charge < -0.3 is 9.15 Å². The highest BCUT2D eigenvalue weighted by Crippen LogP contribution is 2.30. The van der Waals surface area contributed by atoms with Crippen LogP contribution in [0.3, 0.4) is 0 Å². The molecule has 2 rings (SSSR count). The summed E-state index contributed by atoms with van der Waals surface area (Å²) in [6.07, 6.45) is 1.47. The summed E-state index contributed by atoms with van der Waals surface area (Å²) in [6.45, 7) is 1.94. The number of halogens is 2. The molecule has 0 saturated heterocycles. The van der Waals surface area contributed by atoms with Gasteiger partial charge in [-0.3, -0.25) is 4.79 Å². The van der Waals surface area contributed by atoms with Gasteiger partial charge in [0.2, 0.25) is 5.78 Å². The van der Waals surface area contributed by atoms with Crippen LogP contribution >= 0.6 is 31.9 Å². The molecule has 1 heterocycles. The Morgan fingerprint density at radius 1 is 1.28 bits per heavy atom. The summed E-state index contributed by atoms with van der Waals surface area (Å²) in [6, 6.07) is 5.21. The maximum absolute atomic E-state index is 12.4. The van der Waals surface area contributed by atoms with Crippen LogP contribution in [0, 0.1) is 6.92 Å². The predicted octanol–water partition coefficient (Wildman–Crippen LogP) is 4.35. The van der Waals surface area contributed by atoms with Crippen molar-refractivity contribution < 1.29 is 13.9 Å². The van der Waals surface area contributed by atoms with Crippen LogP contribution in [0.25, 0.3) is 0 Å². The zero-order valence-corrected chi connectivity index (χ0v) is 13.0. The molecular weight excluding hydrogens is 364 g/mol. The average molecular weight is 374 g/mol. The summed E-state index contributed by atoms with van der Waals surface area (Å²) >= 11 is 6.62. The van der Waals surface area contributed by atoms with E-state index in [0.29, 0.717) is 21.5 Å². The van der Waals surface area contributed by atoms with E-state index in [1.807, 2.05) is 13.0 Å². The van der Waals surface area contributed by atoms with Gasteiger partial charge in [-0.15, -0.1) is 0 Å². The van der Waals surface area contributed by atoms with Gasteiger partial charge in [-0.25, -0.2) is 0 Å². The molecule has 18 heavy (non-hydrogen) atoms. The van der Waals surface area contributed by atoms with Gasteiger partial charge in [0.15, 0.2) is 4.67 Å². The van der Waals surface area contributed by atoms with E-state index in [0.717, 1.165) is 10.0 Å². The number of carbonyl (C=O) groups excluding carboxylic acids is 1. The average Bonchev–Trinajstić information content (AvgIpc) is 2.77. The van der Waals surface area contributed by atoms with Crippen LogP contribution in [-0.4, -0.2) is 12.9 Å². The fourth-order valence-corrected chi connectivity index (χ4v) is 2.37. The Hall–Kier alpha value is -1.07. The number of hydrogen-bond donors (Lipinski definition) is 0. The normalized spacial score (nSPS) is 10.4. The van der Waals surface area contributed by atoms with Crippen LogP contribution in [0.1, 0.15) is 21.5 Å². The monoisotopic (exact) mass is 372 g/mol. The summed E-state index contributed by atoms with van der Waals surface area (Å²) in [7, 11) is 1.55. The van der Waals surface area contributed by atoms with Crippen molar-refractivity contribution >= 4 is 37.6 Å². The van der Waals surface area contributed by atoms with Gasteiger partial charge in [-0.2, -0.15) is 0 Å². The second-order valence-corrected chi connectivity index (χ2v) is 5.31. The van der Waals surface area contributed by atoms with E-state index in [4.69, 9.17) is 9.15 Å². The lowest BCUT2D eigenvalue weighted by Gasteiger charge is -2.09. The van der Waals surface area contributed by atoms with Crippen molar-refractivity contribution in [3.63, 3.8) is 0 Å². The Kier molecular flexibility index (Phi) is 3.92. The first kappa shape index (κ1) is 13.4. The van der Waals surface area contributed by atoms with Gasteiger partial charge in [-0.1, -0.05) is 15.9 Å². The van der Waals surface area contributed by atoms with E-state index in [-0.39, 0.29) is 5.78 Å². The molecule has 0 aliphatic heterocycles. The molecule has 0 amide bonds. The number of ether oxygens (including phenoxy) is 1. The molecule has 0 fully saturated rings. The quantitative estimate of drug-likeness (QED) is 0.750. The van der Waals surface area contributed by atoms with Gasteiger partial charge in [0.25, 0.3) is 0 Å². The Balaban J connectivity index is 2.54. The predicted molar refractivity (Wildman–Crippen MR) is 75.3 cm³/mol. The lowest BCUT2D eigenvalue weighted by molar-refractivity contribution is 0.103. The molecule has 5 heteroatoms. The second-order valence-electron chi connectivity index (χ2n) is 3.74. The Morgan fingerprint density at radius 3 is 2.56 bits per heavy atom. The van der Waals surface area contributed by atoms with E-state index >= 15 is 0 Å². The van der Waals surface area contributed by atoms with E-state index in [1.165, 1.54) is 6.26 Å². The standard InChI is InChI=1S/C13H10Br2O3/c1-7-5-11(17-2)9(6-10(7)14)12(16)8-3-4-18-13(8)15/h3-6H,1-2H3. The third-order valence-electron chi connectivity index (χ3n) is 2.59. The lowest BCUT2D eigenvalue weighted by atomic mass is 10.0. The minimum absolute atomic E-state index is 0.145. The van der Waals surface area contributed by atoms with Crippen LogP contribution in [0.5, 0.6) is 5.75 Å². The minimum atomic E-state index is -0.145. The highest BCUT2D eigenvalue weighted by Gasteiger charge is 2.20. The van der Waals surface area contributed by atoms with E-state index in [2.05, 4.69) is 31.9 Å². The fourth-order valence-electron chi connectivity index (χ4n) is 1.60. The molecule has 0 bridgehead atoms. The highest BCUT2D eigenvalue weighted by molar-refractivity contribution is 9.10. The lowest BCUT2D eigenvalue weighted by Crippen LogP contribution is -2.04. The van der Waals surface area contributed by atoms with Crippen LogP contribution in [0.2, 0.25) is 0 Å². The summed E-state index contributed by atoms with van der Waals surface area (Å²) in [5.74, 6) is 0.405. The van der Waals surface area contributed by atoms with Crippen LogP contribution in [0.4, 0.5) is 0 Å². The largest absolute Gasteiger partial charge is 0.496 e. The van der Waals surface area contributed by atoms with Crippen molar-refractivity contribution in [3.8, 4) is 5.75 Å². The van der Waals surface area contributed by atoms with Crippen molar-refractivity contribution in [1.29, 1.82) is 0 Å². The molecule has 2 aromatic rings. The molecule has 0 unspecified atom stereocenters. The fraction of sp³-hybridized carbons (Fsp3) is 0.154. The van der Waals surface area contributed by atoms with Crippen LogP contribution in [-0.2, 0) is 0 Å². The second kappa shape index (κ2) is 5.28. The highest BCUT2D eigenvalue weighted by atomic mass is 79.9. The van der Waals surface area contributed by atoms with E-state index in [9.17, 15) is 4.79 Å². The van der Waals surface area contributed by atoms with Crippen LogP contribution < -0.4 is 4.74 Å². The third kappa shape index (κ3) is 2.37. The summed E-state index contributed by atoms with van der Waals surface area (Å²) in [4.78, 5) is 12.4. The Labute approximate surface area is 121 Å². The Morgan fingerprint density at radius 2 is 2.00 bits per heavy atom.